The minimum absolute atomic E-state index is 0.0533. The number of carbonyl (C=O) groups is 3. The number of ketones is 1. The number of amides is 1. The Labute approximate surface area is 223 Å². The Morgan fingerprint density at radius 1 is 1.24 bits per heavy atom. The van der Waals surface area contributed by atoms with Gasteiger partial charge >= 0.3 is 5.97 Å². The Bertz CT molecular complexity index is 1390. The number of pyridine rings is 1. The zero-order valence-corrected chi connectivity index (χ0v) is 22.7. The molecule has 2 heterocycles. The smallest absolute Gasteiger partial charge is 0.343 e. The van der Waals surface area contributed by atoms with E-state index in [1.165, 1.54) is 5.56 Å². The van der Waals surface area contributed by atoms with Crippen molar-refractivity contribution in [3.63, 3.8) is 0 Å². The predicted molar refractivity (Wildman–Crippen MR) is 145 cm³/mol. The summed E-state index contributed by atoms with van der Waals surface area (Å²) in [6, 6.07) is 8.18. The molecule has 7 heteroatoms. The maximum Gasteiger partial charge on any atom is 0.343 e. The van der Waals surface area contributed by atoms with Gasteiger partial charge in [-0.2, -0.15) is 0 Å². The molecular weight excluding hydrogens is 480 g/mol. The van der Waals surface area contributed by atoms with Crippen molar-refractivity contribution in [1.82, 2.24) is 9.88 Å². The highest BCUT2D eigenvalue weighted by Gasteiger charge is 2.46. The molecule has 1 aromatic heterocycles. The molecule has 1 aliphatic heterocycles. The molecule has 1 amide bonds. The first-order chi connectivity index (χ1) is 18.1. The van der Waals surface area contributed by atoms with E-state index in [1.54, 1.807) is 13.8 Å². The molecule has 0 saturated carbocycles. The summed E-state index contributed by atoms with van der Waals surface area (Å²) >= 11 is 0. The van der Waals surface area contributed by atoms with Crippen LogP contribution < -0.4 is 0 Å². The Hall–Kier alpha value is -3.32. The van der Waals surface area contributed by atoms with Gasteiger partial charge in [0, 0.05) is 42.5 Å². The number of rotatable bonds is 5. The summed E-state index contributed by atoms with van der Waals surface area (Å²) in [5.74, 6) is -0.487. The number of aliphatic hydroxyl groups is 1. The summed E-state index contributed by atoms with van der Waals surface area (Å²) in [4.78, 5) is 45.3. The number of hydrogen-bond acceptors (Lipinski definition) is 6. The quantitative estimate of drug-likeness (QED) is 0.594. The number of ether oxygens (including phenoxy) is 1. The van der Waals surface area contributed by atoms with Crippen molar-refractivity contribution in [3.8, 4) is 0 Å². The number of hydrogen-bond donors (Lipinski definition) is 1. The molecular formula is C31H36N2O5. The van der Waals surface area contributed by atoms with Crippen molar-refractivity contribution < 1.29 is 24.2 Å². The van der Waals surface area contributed by atoms with Crippen molar-refractivity contribution >= 4 is 34.1 Å². The number of aromatic nitrogens is 1. The van der Waals surface area contributed by atoms with Gasteiger partial charge in [-0.05, 0) is 80.7 Å². The fourth-order valence-corrected chi connectivity index (χ4v) is 6.33. The van der Waals surface area contributed by atoms with Gasteiger partial charge in [0.25, 0.3) is 0 Å². The number of benzene rings is 1. The lowest BCUT2D eigenvalue weighted by Crippen LogP contribution is -2.46. The first kappa shape index (κ1) is 26.3. The number of carbonyl (C=O) groups excluding carboxylic acids is 3. The highest BCUT2D eigenvalue weighted by molar-refractivity contribution is 6.02. The van der Waals surface area contributed by atoms with Gasteiger partial charge in [0.1, 0.15) is 6.61 Å². The van der Waals surface area contributed by atoms with Crippen molar-refractivity contribution in [3.05, 3.63) is 58.3 Å². The molecule has 5 rings (SSSR count). The minimum atomic E-state index is -1.85. The first-order valence-corrected chi connectivity index (χ1v) is 13.7. The number of esters is 1. The summed E-state index contributed by atoms with van der Waals surface area (Å²) in [6.45, 7) is 7.89. The van der Waals surface area contributed by atoms with Gasteiger partial charge in [-0.15, -0.1) is 0 Å². The highest BCUT2D eigenvalue weighted by Crippen LogP contribution is 2.43. The molecule has 0 saturated heterocycles. The average molecular weight is 517 g/mol. The Kier molecular flexibility index (Phi) is 6.99. The second-order valence-electron chi connectivity index (χ2n) is 11.1. The van der Waals surface area contributed by atoms with Gasteiger partial charge in [-0.3, -0.25) is 9.59 Å². The number of para-hydroxylation sites is 1. The van der Waals surface area contributed by atoms with Crippen LogP contribution in [0.25, 0.3) is 16.5 Å². The molecule has 0 radical (unpaired) electrons. The predicted octanol–water partition coefficient (Wildman–Crippen LogP) is 4.34. The topological polar surface area (TPSA) is 96.8 Å². The molecule has 2 aliphatic carbocycles. The van der Waals surface area contributed by atoms with E-state index in [1.807, 2.05) is 43.0 Å². The van der Waals surface area contributed by atoms with Gasteiger partial charge in [-0.1, -0.05) is 25.1 Å². The zero-order chi connectivity index (χ0) is 27.2. The van der Waals surface area contributed by atoms with Crippen LogP contribution in [-0.4, -0.2) is 57.4 Å². The molecule has 1 N–H and O–H groups in total. The maximum absolute atomic E-state index is 13.2. The van der Waals surface area contributed by atoms with E-state index in [2.05, 4.69) is 6.07 Å². The fraction of sp³-hybridized carbons (Fsp3) is 0.484. The standard InChI is InChI=1S/C31H36N2O5/c1-5-31(37)26-16-21-14-20(10-11-28(35)25(26)17-38-30(31)36)15-24-22(12-13-33(18(2)3)19(4)34)23-8-6-7-9-27(23)32-29(21)24/h6-9,16,18,20,37H,5,10-15,17H2,1-4H3/b21-16+/t20?,31-/m0/s1. The molecule has 200 valence electrons. The van der Waals surface area contributed by atoms with Crippen LogP contribution in [0.1, 0.15) is 70.2 Å². The van der Waals surface area contributed by atoms with Crippen LogP contribution in [0.15, 0.2) is 41.5 Å². The summed E-state index contributed by atoms with van der Waals surface area (Å²) in [6.07, 6.45) is 5.25. The second kappa shape index (κ2) is 10.1. The van der Waals surface area contributed by atoms with E-state index in [0.29, 0.717) is 37.0 Å². The second-order valence-corrected chi connectivity index (χ2v) is 11.1. The normalized spacial score (nSPS) is 24.6. The molecule has 0 fully saturated rings. The largest absolute Gasteiger partial charge is 0.458 e. The lowest BCUT2D eigenvalue weighted by Gasteiger charge is -2.33. The molecule has 38 heavy (non-hydrogen) atoms. The van der Waals surface area contributed by atoms with Crippen molar-refractivity contribution in [1.29, 1.82) is 0 Å². The number of Topliss-reactive ketones (excluding diaryl/α,β-unsaturated/α-hetero) is 1. The monoisotopic (exact) mass is 516 g/mol. The first-order valence-electron chi connectivity index (χ1n) is 13.7. The van der Waals surface area contributed by atoms with Gasteiger partial charge in [0.15, 0.2) is 11.4 Å². The molecule has 3 aliphatic rings. The van der Waals surface area contributed by atoms with Crippen LogP contribution in [0.5, 0.6) is 0 Å². The van der Waals surface area contributed by atoms with E-state index >= 15 is 0 Å². The SMILES string of the molecule is CC[C@@]1(O)C(=O)OCC2=C1/C=C1\CC(CCC2=O)Cc2c1nc1ccccc1c2CCN(C(C)=O)C(C)C. The molecule has 2 atom stereocenters. The summed E-state index contributed by atoms with van der Waals surface area (Å²) in [5.41, 5.74) is 3.92. The third-order valence-corrected chi connectivity index (χ3v) is 8.45. The Morgan fingerprint density at radius 3 is 2.71 bits per heavy atom. The van der Waals surface area contributed by atoms with Gasteiger partial charge in [0.2, 0.25) is 5.91 Å². The highest BCUT2D eigenvalue weighted by atomic mass is 16.6. The Balaban J connectivity index is 1.71. The summed E-state index contributed by atoms with van der Waals surface area (Å²) < 4.78 is 5.27. The number of cyclic esters (lactones) is 1. The van der Waals surface area contributed by atoms with Crippen LogP contribution in [0.2, 0.25) is 0 Å². The number of fused-ring (bicyclic) bond motifs is 5. The van der Waals surface area contributed by atoms with Gasteiger partial charge in [0.05, 0.1) is 11.2 Å². The molecule has 1 unspecified atom stereocenters. The van der Waals surface area contributed by atoms with Crippen LogP contribution in [0.4, 0.5) is 0 Å². The van der Waals surface area contributed by atoms with Crippen LogP contribution in [0.3, 0.4) is 0 Å². The molecule has 7 nitrogen and oxygen atoms in total. The van der Waals surface area contributed by atoms with Crippen molar-refractivity contribution in [2.45, 2.75) is 77.9 Å². The lowest BCUT2D eigenvalue weighted by molar-refractivity contribution is -0.163. The summed E-state index contributed by atoms with van der Waals surface area (Å²) in [5, 5.41) is 12.5. The van der Waals surface area contributed by atoms with Crippen LogP contribution in [0, 0.1) is 5.92 Å². The van der Waals surface area contributed by atoms with Crippen molar-refractivity contribution in [2.75, 3.05) is 13.2 Å². The van der Waals surface area contributed by atoms with Gasteiger partial charge < -0.3 is 14.7 Å². The van der Waals surface area contributed by atoms with E-state index < -0.39 is 11.6 Å². The molecule has 0 spiro atoms. The lowest BCUT2D eigenvalue weighted by atomic mass is 9.77. The van der Waals surface area contributed by atoms with Crippen LogP contribution in [-0.2, 0) is 32.0 Å². The van der Waals surface area contributed by atoms with E-state index in [4.69, 9.17) is 9.72 Å². The maximum atomic E-state index is 13.2. The van der Waals surface area contributed by atoms with E-state index in [-0.39, 0.29) is 36.7 Å². The zero-order valence-electron chi connectivity index (χ0n) is 22.7. The number of allylic oxidation sites excluding steroid dienone is 1. The van der Waals surface area contributed by atoms with E-state index in [0.717, 1.165) is 40.6 Å². The molecule has 2 aromatic rings. The van der Waals surface area contributed by atoms with Crippen molar-refractivity contribution in [2.24, 2.45) is 5.92 Å². The molecule has 1 aromatic carbocycles. The number of nitrogens with zero attached hydrogens (tertiary/aromatic N) is 2. The minimum Gasteiger partial charge on any atom is -0.458 e. The fourth-order valence-electron chi connectivity index (χ4n) is 6.33. The Morgan fingerprint density at radius 2 is 2.00 bits per heavy atom. The van der Waals surface area contributed by atoms with Crippen LogP contribution >= 0.6 is 0 Å². The van der Waals surface area contributed by atoms with E-state index in [9.17, 15) is 19.5 Å². The molecule has 2 bridgehead atoms. The summed E-state index contributed by atoms with van der Waals surface area (Å²) in [7, 11) is 0. The average Bonchev–Trinajstić information content (AvgIpc) is 2.94. The third-order valence-electron chi connectivity index (χ3n) is 8.45. The van der Waals surface area contributed by atoms with Gasteiger partial charge in [-0.25, -0.2) is 9.78 Å². The third kappa shape index (κ3) is 4.47.